The second kappa shape index (κ2) is 3.39. The van der Waals surface area contributed by atoms with Crippen LogP contribution in [0.2, 0.25) is 0 Å². The molecule has 0 N–H and O–H groups in total. The van der Waals surface area contributed by atoms with Gasteiger partial charge in [0, 0.05) is 5.56 Å². The van der Waals surface area contributed by atoms with Crippen LogP contribution in [0.4, 0.5) is 0 Å². The zero-order chi connectivity index (χ0) is 10.9. The number of cyclic esters (lactones) is 1. The summed E-state index contributed by atoms with van der Waals surface area (Å²) >= 11 is 0. The Bertz CT molecular complexity index is 431. The average Bonchev–Trinajstić information content (AvgIpc) is 2.58. The fourth-order valence-corrected chi connectivity index (χ4v) is 1.46. The van der Waals surface area contributed by atoms with Crippen molar-refractivity contribution in [1.29, 1.82) is 0 Å². The van der Waals surface area contributed by atoms with E-state index in [0.717, 1.165) is 5.56 Å². The molecule has 0 amide bonds. The molecule has 0 aromatic heterocycles. The molecule has 0 aliphatic carbocycles. The molecule has 0 saturated carbocycles. The van der Waals surface area contributed by atoms with Crippen LogP contribution >= 0.6 is 0 Å². The van der Waals surface area contributed by atoms with Crippen molar-refractivity contribution in [3.8, 4) is 0 Å². The summed E-state index contributed by atoms with van der Waals surface area (Å²) in [5, 5.41) is 0. The molecule has 1 aromatic carbocycles. The monoisotopic (exact) mass is 200 g/mol. The first-order chi connectivity index (χ1) is 7.15. The lowest BCUT2D eigenvalue weighted by Crippen LogP contribution is -2.18. The van der Waals surface area contributed by atoms with Gasteiger partial charge in [0.15, 0.2) is 0 Å². The highest BCUT2D eigenvalue weighted by Crippen LogP contribution is 2.35. The Hall–Kier alpha value is -1.83. The highest BCUT2D eigenvalue weighted by molar-refractivity contribution is 5.92. The second-order valence-corrected chi connectivity index (χ2v) is 3.75. The Kier molecular flexibility index (Phi) is 2.19. The lowest BCUT2D eigenvalue weighted by molar-refractivity contribution is -0.140. The molecule has 1 aliphatic heterocycles. The molecule has 1 aromatic rings. The predicted molar refractivity (Wildman–Crippen MR) is 58.8 cm³/mol. The number of esters is 1. The minimum Gasteiger partial charge on any atom is -0.425 e. The highest BCUT2D eigenvalue weighted by atomic mass is 16.5. The molecule has 0 bridgehead atoms. The fourth-order valence-electron chi connectivity index (χ4n) is 1.46. The first-order valence-corrected chi connectivity index (χ1v) is 4.80. The fraction of sp³-hybridized carbons (Fsp3) is 0.154. The molecule has 1 atom stereocenters. The summed E-state index contributed by atoms with van der Waals surface area (Å²) < 4.78 is 5.20. The Morgan fingerprint density at radius 2 is 2.00 bits per heavy atom. The Morgan fingerprint density at radius 3 is 2.53 bits per heavy atom. The van der Waals surface area contributed by atoms with Gasteiger partial charge in [0.1, 0.15) is 11.2 Å². The molecule has 0 saturated heterocycles. The van der Waals surface area contributed by atoms with Gasteiger partial charge in [0.25, 0.3) is 0 Å². The van der Waals surface area contributed by atoms with Gasteiger partial charge >= 0.3 is 5.97 Å². The molecule has 2 heteroatoms. The van der Waals surface area contributed by atoms with Crippen molar-refractivity contribution in [2.75, 3.05) is 0 Å². The van der Waals surface area contributed by atoms with Gasteiger partial charge < -0.3 is 4.74 Å². The van der Waals surface area contributed by atoms with Crippen LogP contribution < -0.4 is 0 Å². The summed E-state index contributed by atoms with van der Waals surface area (Å²) in [5.74, 6) is 0.347. The van der Waals surface area contributed by atoms with Crippen molar-refractivity contribution in [2.45, 2.75) is 6.92 Å². The molecule has 0 fully saturated rings. The van der Waals surface area contributed by atoms with Gasteiger partial charge in [0.05, 0.1) is 0 Å². The van der Waals surface area contributed by atoms with Crippen molar-refractivity contribution < 1.29 is 9.53 Å². The summed E-state index contributed by atoms with van der Waals surface area (Å²) in [6.45, 7) is 5.44. The topological polar surface area (TPSA) is 26.3 Å². The molecule has 0 radical (unpaired) electrons. The quantitative estimate of drug-likeness (QED) is 0.542. The number of hydrogen-bond donors (Lipinski definition) is 0. The van der Waals surface area contributed by atoms with Gasteiger partial charge in [-0.05, 0) is 13.0 Å². The summed E-state index contributed by atoms with van der Waals surface area (Å²) in [4.78, 5) is 11.6. The van der Waals surface area contributed by atoms with E-state index in [9.17, 15) is 4.79 Å². The maximum atomic E-state index is 11.6. The third-order valence-electron chi connectivity index (χ3n) is 2.56. The van der Waals surface area contributed by atoms with Crippen molar-refractivity contribution in [2.24, 2.45) is 5.41 Å². The Morgan fingerprint density at radius 1 is 1.33 bits per heavy atom. The molecular formula is C13H12O2. The summed E-state index contributed by atoms with van der Waals surface area (Å²) in [6, 6.07) is 9.57. The minimum absolute atomic E-state index is 0.267. The number of ether oxygens (including phenoxy) is 1. The first kappa shape index (κ1) is 9.71. The van der Waals surface area contributed by atoms with Gasteiger partial charge in [0.2, 0.25) is 0 Å². The molecule has 0 spiro atoms. The van der Waals surface area contributed by atoms with Gasteiger partial charge in [-0.25, -0.2) is 0 Å². The van der Waals surface area contributed by atoms with Gasteiger partial charge in [-0.15, -0.1) is 6.58 Å². The third-order valence-corrected chi connectivity index (χ3v) is 2.56. The van der Waals surface area contributed by atoms with E-state index in [-0.39, 0.29) is 5.97 Å². The zero-order valence-electron chi connectivity index (χ0n) is 8.57. The summed E-state index contributed by atoms with van der Waals surface area (Å²) in [6.07, 6.45) is 3.41. The van der Waals surface area contributed by atoms with E-state index in [1.54, 1.807) is 19.1 Å². The molecule has 76 valence electrons. The lowest BCUT2D eigenvalue weighted by atomic mass is 9.91. The maximum Gasteiger partial charge on any atom is 0.325 e. The first-order valence-electron chi connectivity index (χ1n) is 4.80. The van der Waals surface area contributed by atoms with Crippen LogP contribution in [0.1, 0.15) is 12.5 Å². The predicted octanol–water partition coefficient (Wildman–Crippen LogP) is 2.78. The number of rotatable bonds is 2. The largest absolute Gasteiger partial charge is 0.425 e. The lowest BCUT2D eigenvalue weighted by Gasteiger charge is -2.09. The van der Waals surface area contributed by atoms with Gasteiger partial charge in [-0.2, -0.15) is 0 Å². The molecular weight excluding hydrogens is 188 g/mol. The molecule has 2 rings (SSSR count). The van der Waals surface area contributed by atoms with Gasteiger partial charge in [-0.3, -0.25) is 4.79 Å². The van der Waals surface area contributed by atoms with E-state index in [2.05, 4.69) is 6.58 Å². The van der Waals surface area contributed by atoms with Crippen LogP contribution in [-0.4, -0.2) is 5.97 Å². The Labute approximate surface area is 88.9 Å². The Balaban J connectivity index is 2.39. The minimum atomic E-state index is -0.689. The molecule has 15 heavy (non-hydrogen) atoms. The number of carbonyl (C=O) groups excluding carboxylic acids is 1. The molecule has 1 aliphatic rings. The van der Waals surface area contributed by atoms with Crippen molar-refractivity contribution in [1.82, 2.24) is 0 Å². The van der Waals surface area contributed by atoms with E-state index in [4.69, 9.17) is 4.74 Å². The van der Waals surface area contributed by atoms with E-state index in [1.165, 1.54) is 0 Å². The zero-order valence-corrected chi connectivity index (χ0v) is 8.57. The number of benzene rings is 1. The van der Waals surface area contributed by atoms with E-state index in [1.807, 2.05) is 30.3 Å². The van der Waals surface area contributed by atoms with Crippen molar-refractivity contribution in [3.63, 3.8) is 0 Å². The average molecular weight is 200 g/mol. The molecule has 2 nitrogen and oxygen atoms in total. The van der Waals surface area contributed by atoms with Crippen LogP contribution in [0.5, 0.6) is 0 Å². The third kappa shape index (κ3) is 1.59. The van der Waals surface area contributed by atoms with Crippen LogP contribution in [0, 0.1) is 5.41 Å². The van der Waals surface area contributed by atoms with Crippen LogP contribution in [-0.2, 0) is 9.53 Å². The second-order valence-electron chi connectivity index (χ2n) is 3.75. The smallest absolute Gasteiger partial charge is 0.325 e. The SMILES string of the molecule is C=C[C@]1(C)C=C(c2ccccc2)OC1=O. The summed E-state index contributed by atoms with van der Waals surface area (Å²) in [5.41, 5.74) is 0.224. The summed E-state index contributed by atoms with van der Waals surface area (Å²) in [7, 11) is 0. The van der Waals surface area contributed by atoms with Gasteiger partial charge in [-0.1, -0.05) is 36.4 Å². The van der Waals surface area contributed by atoms with E-state index in [0.29, 0.717) is 5.76 Å². The van der Waals surface area contributed by atoms with Crippen LogP contribution in [0.25, 0.3) is 5.76 Å². The highest BCUT2D eigenvalue weighted by Gasteiger charge is 2.37. The normalized spacial score (nSPS) is 24.6. The van der Waals surface area contributed by atoms with Crippen LogP contribution in [0.15, 0.2) is 49.1 Å². The maximum absolute atomic E-state index is 11.6. The molecule has 1 heterocycles. The standard InChI is InChI=1S/C13H12O2/c1-3-13(2)9-11(15-12(13)14)10-7-5-4-6-8-10/h3-9H,1H2,2H3/t13-/m1/s1. The number of carbonyl (C=O) groups is 1. The van der Waals surface area contributed by atoms with Crippen molar-refractivity contribution in [3.05, 3.63) is 54.6 Å². The van der Waals surface area contributed by atoms with Crippen LogP contribution in [0.3, 0.4) is 0 Å². The van der Waals surface area contributed by atoms with E-state index < -0.39 is 5.41 Å². The van der Waals surface area contributed by atoms with E-state index >= 15 is 0 Å². The molecule has 0 unspecified atom stereocenters. The van der Waals surface area contributed by atoms with Crippen molar-refractivity contribution >= 4 is 11.7 Å². The number of hydrogen-bond acceptors (Lipinski definition) is 2.